The highest BCUT2D eigenvalue weighted by Crippen LogP contribution is 2.52. The number of amides is 1. The lowest BCUT2D eigenvalue weighted by Crippen LogP contribution is -2.47. The van der Waals surface area contributed by atoms with Crippen LogP contribution in [0.25, 0.3) is 0 Å². The number of aromatic amines is 1. The first-order chi connectivity index (χ1) is 13.0. The fourth-order valence-corrected chi connectivity index (χ4v) is 4.79. The summed E-state index contributed by atoms with van der Waals surface area (Å²) in [6.45, 7) is 2.15. The minimum absolute atomic E-state index is 0.0279. The maximum Gasteiger partial charge on any atom is 0.314 e. The zero-order valence-corrected chi connectivity index (χ0v) is 15.4. The number of hydrogen-bond donors (Lipinski definition) is 2. The minimum atomic E-state index is -0.707. The summed E-state index contributed by atoms with van der Waals surface area (Å²) in [5.74, 6) is -0.0697. The van der Waals surface area contributed by atoms with Crippen LogP contribution in [-0.4, -0.2) is 45.7 Å². The van der Waals surface area contributed by atoms with Gasteiger partial charge < -0.3 is 15.4 Å². The van der Waals surface area contributed by atoms with E-state index in [4.69, 9.17) is 10.5 Å². The summed E-state index contributed by atoms with van der Waals surface area (Å²) in [4.78, 5) is 28.0. The Morgan fingerprint density at radius 2 is 2.11 bits per heavy atom. The summed E-state index contributed by atoms with van der Waals surface area (Å²) in [6.07, 6.45) is 2.89. The van der Waals surface area contributed by atoms with Crippen LogP contribution in [0.15, 0.2) is 36.4 Å². The van der Waals surface area contributed by atoms with E-state index >= 15 is 0 Å². The number of benzene rings is 1. The first-order valence-corrected chi connectivity index (χ1v) is 9.40. The number of nitrogens with one attached hydrogen (secondary N) is 1. The molecule has 0 saturated carbocycles. The van der Waals surface area contributed by atoms with E-state index in [2.05, 4.69) is 10.2 Å². The van der Waals surface area contributed by atoms with Crippen molar-refractivity contribution in [3.63, 3.8) is 0 Å². The van der Waals surface area contributed by atoms with Gasteiger partial charge in [-0.25, -0.2) is 0 Å². The topological polar surface area (TPSA) is 101 Å². The molecule has 2 fully saturated rings. The molecule has 0 spiro atoms. The average Bonchev–Trinajstić information content (AvgIpc) is 3.36. The largest absolute Gasteiger partial charge is 0.465 e. The van der Waals surface area contributed by atoms with Crippen LogP contribution in [0.2, 0.25) is 0 Å². The van der Waals surface area contributed by atoms with Crippen LogP contribution in [-0.2, 0) is 16.0 Å². The minimum Gasteiger partial charge on any atom is -0.465 e. The Balaban J connectivity index is 1.68. The fourth-order valence-electron chi connectivity index (χ4n) is 4.79. The number of esters is 1. The van der Waals surface area contributed by atoms with Crippen LogP contribution >= 0.6 is 0 Å². The molecule has 7 nitrogen and oxygen atoms in total. The van der Waals surface area contributed by atoms with Crippen molar-refractivity contribution in [1.29, 1.82) is 0 Å². The molecule has 27 heavy (non-hydrogen) atoms. The Bertz CT molecular complexity index is 850. The van der Waals surface area contributed by atoms with Gasteiger partial charge in [-0.05, 0) is 38.2 Å². The third-order valence-corrected chi connectivity index (χ3v) is 5.85. The third kappa shape index (κ3) is 2.87. The molecular weight excluding hydrogens is 344 g/mol. The Labute approximate surface area is 157 Å². The SMILES string of the molecule is CCOC(=O)[C@@]1(Cc2ccccc2)C[C@H]2CC[C@@H]1N2C(=O)c1cc(N)n[nH]1. The smallest absolute Gasteiger partial charge is 0.314 e. The zero-order valence-electron chi connectivity index (χ0n) is 15.4. The third-order valence-electron chi connectivity index (χ3n) is 5.85. The molecule has 2 saturated heterocycles. The van der Waals surface area contributed by atoms with Crippen LogP contribution in [0.5, 0.6) is 0 Å². The normalized spacial score (nSPS) is 26.3. The van der Waals surface area contributed by atoms with Crippen LogP contribution in [0.1, 0.15) is 42.2 Å². The van der Waals surface area contributed by atoms with Gasteiger partial charge in [-0.1, -0.05) is 30.3 Å². The summed E-state index contributed by atoms with van der Waals surface area (Å²) >= 11 is 0. The van der Waals surface area contributed by atoms with E-state index in [1.54, 1.807) is 6.07 Å². The predicted octanol–water partition coefficient (Wildman–Crippen LogP) is 2.16. The monoisotopic (exact) mass is 368 g/mol. The second-order valence-electron chi connectivity index (χ2n) is 7.41. The molecule has 3 N–H and O–H groups in total. The molecule has 142 valence electrons. The maximum atomic E-state index is 13.1. The Hall–Kier alpha value is -2.83. The summed E-state index contributed by atoms with van der Waals surface area (Å²) in [5, 5.41) is 6.56. The molecule has 0 unspecified atom stereocenters. The van der Waals surface area contributed by atoms with E-state index < -0.39 is 5.41 Å². The van der Waals surface area contributed by atoms with Gasteiger partial charge in [0.15, 0.2) is 0 Å². The molecule has 0 radical (unpaired) electrons. The quantitative estimate of drug-likeness (QED) is 0.788. The highest BCUT2D eigenvalue weighted by molar-refractivity contribution is 5.95. The lowest BCUT2D eigenvalue weighted by atomic mass is 9.70. The van der Waals surface area contributed by atoms with Crippen molar-refractivity contribution in [2.75, 3.05) is 12.3 Å². The second kappa shape index (κ2) is 6.72. The van der Waals surface area contributed by atoms with E-state index in [1.165, 1.54) is 0 Å². The fraction of sp³-hybridized carbons (Fsp3) is 0.450. The van der Waals surface area contributed by atoms with Gasteiger partial charge in [-0.15, -0.1) is 0 Å². The number of hydrogen-bond acceptors (Lipinski definition) is 5. The van der Waals surface area contributed by atoms with Crippen molar-refractivity contribution in [2.45, 2.75) is 44.7 Å². The van der Waals surface area contributed by atoms with E-state index in [0.717, 1.165) is 18.4 Å². The number of anilines is 1. The lowest BCUT2D eigenvalue weighted by Gasteiger charge is -2.35. The maximum absolute atomic E-state index is 13.1. The highest BCUT2D eigenvalue weighted by atomic mass is 16.5. The number of nitrogen functional groups attached to an aromatic ring is 1. The van der Waals surface area contributed by atoms with Crippen LogP contribution < -0.4 is 5.73 Å². The van der Waals surface area contributed by atoms with Gasteiger partial charge in [0, 0.05) is 18.2 Å². The summed E-state index contributed by atoms with van der Waals surface area (Å²) in [7, 11) is 0. The molecule has 2 aliphatic heterocycles. The molecule has 1 amide bonds. The molecule has 1 aromatic heterocycles. The molecule has 0 aliphatic carbocycles. The van der Waals surface area contributed by atoms with Crippen molar-refractivity contribution in [3.8, 4) is 0 Å². The number of aromatic nitrogens is 2. The summed E-state index contributed by atoms with van der Waals surface area (Å²) in [5.41, 5.74) is 6.39. The first kappa shape index (κ1) is 17.6. The van der Waals surface area contributed by atoms with Crippen molar-refractivity contribution in [1.82, 2.24) is 15.1 Å². The van der Waals surface area contributed by atoms with Crippen LogP contribution in [0, 0.1) is 5.41 Å². The summed E-state index contributed by atoms with van der Waals surface area (Å²) in [6, 6.07) is 11.3. The zero-order chi connectivity index (χ0) is 19.0. The van der Waals surface area contributed by atoms with Crippen molar-refractivity contribution in [2.24, 2.45) is 5.41 Å². The number of nitrogens with two attached hydrogens (primary N) is 1. The van der Waals surface area contributed by atoms with E-state index in [-0.39, 0.29) is 29.8 Å². The van der Waals surface area contributed by atoms with Gasteiger partial charge >= 0.3 is 5.97 Å². The van der Waals surface area contributed by atoms with Gasteiger partial charge in [-0.2, -0.15) is 5.10 Å². The van der Waals surface area contributed by atoms with Crippen LogP contribution in [0.3, 0.4) is 0 Å². The Morgan fingerprint density at radius 1 is 1.33 bits per heavy atom. The number of fused-ring (bicyclic) bond motifs is 2. The standard InChI is InChI=1S/C20H24N4O3/c1-2-27-19(26)20(11-13-6-4-3-5-7-13)12-14-8-9-16(20)24(14)18(25)15-10-17(21)23-22-15/h3-7,10,14,16H,2,8-9,11-12H2,1H3,(H3,21,22,23)/t14-,16+,20+/m1/s1. The molecule has 2 bridgehead atoms. The Kier molecular flexibility index (Phi) is 4.37. The molecular formula is C20H24N4O3. The highest BCUT2D eigenvalue weighted by Gasteiger charge is 2.62. The number of carbonyl (C=O) groups is 2. The van der Waals surface area contributed by atoms with Gasteiger partial charge in [0.25, 0.3) is 5.91 Å². The number of rotatable bonds is 5. The molecule has 3 atom stereocenters. The lowest BCUT2D eigenvalue weighted by molar-refractivity contribution is -0.157. The first-order valence-electron chi connectivity index (χ1n) is 9.40. The predicted molar refractivity (Wildman–Crippen MR) is 99.8 cm³/mol. The number of nitrogens with zero attached hydrogens (tertiary/aromatic N) is 2. The van der Waals surface area contributed by atoms with E-state index in [1.807, 2.05) is 42.2 Å². The van der Waals surface area contributed by atoms with E-state index in [9.17, 15) is 9.59 Å². The molecule has 4 rings (SSSR count). The number of carbonyl (C=O) groups excluding carboxylic acids is 2. The molecule has 2 aromatic rings. The van der Waals surface area contributed by atoms with Gasteiger partial charge in [0.1, 0.15) is 11.5 Å². The van der Waals surface area contributed by atoms with Gasteiger partial charge in [-0.3, -0.25) is 14.7 Å². The van der Waals surface area contributed by atoms with Crippen molar-refractivity contribution >= 4 is 17.7 Å². The molecule has 1 aromatic carbocycles. The molecule has 2 aliphatic rings. The molecule has 3 heterocycles. The second-order valence-corrected chi connectivity index (χ2v) is 7.41. The number of H-pyrrole nitrogens is 1. The van der Waals surface area contributed by atoms with Gasteiger partial charge in [0.05, 0.1) is 12.0 Å². The van der Waals surface area contributed by atoms with Crippen molar-refractivity contribution < 1.29 is 14.3 Å². The average molecular weight is 368 g/mol. The van der Waals surface area contributed by atoms with Gasteiger partial charge in [0.2, 0.25) is 0 Å². The summed E-state index contributed by atoms with van der Waals surface area (Å²) < 4.78 is 5.47. The van der Waals surface area contributed by atoms with Crippen LogP contribution in [0.4, 0.5) is 5.82 Å². The van der Waals surface area contributed by atoms with E-state index in [0.29, 0.717) is 25.1 Å². The van der Waals surface area contributed by atoms with Crippen molar-refractivity contribution in [3.05, 3.63) is 47.7 Å². The number of ether oxygens (including phenoxy) is 1. The molecule has 7 heteroatoms. The Morgan fingerprint density at radius 3 is 2.78 bits per heavy atom.